The topological polar surface area (TPSA) is 88.6 Å². The van der Waals surface area contributed by atoms with E-state index < -0.39 is 6.03 Å². The summed E-state index contributed by atoms with van der Waals surface area (Å²) in [6, 6.07) is 10.2. The fourth-order valence-electron chi connectivity index (χ4n) is 2.53. The van der Waals surface area contributed by atoms with Crippen LogP contribution in [0.3, 0.4) is 0 Å². The summed E-state index contributed by atoms with van der Waals surface area (Å²) >= 11 is 0. The second kappa shape index (κ2) is 6.16. The molecule has 1 aromatic carbocycles. The number of aryl methyl sites for hydroxylation is 1. The highest BCUT2D eigenvalue weighted by molar-refractivity contribution is 5.97. The Bertz CT molecular complexity index is 734. The Morgan fingerprint density at radius 2 is 2.09 bits per heavy atom. The lowest BCUT2D eigenvalue weighted by Gasteiger charge is -2.21. The molecule has 0 aliphatic heterocycles. The van der Waals surface area contributed by atoms with Crippen LogP contribution in [0.5, 0.6) is 0 Å². The first-order valence-electron chi connectivity index (χ1n) is 7.56. The van der Waals surface area contributed by atoms with Gasteiger partial charge in [-0.3, -0.25) is 4.79 Å². The van der Waals surface area contributed by atoms with Gasteiger partial charge in [-0.25, -0.2) is 4.79 Å². The van der Waals surface area contributed by atoms with Crippen LogP contribution in [0.2, 0.25) is 0 Å². The van der Waals surface area contributed by atoms with E-state index in [1.807, 2.05) is 24.0 Å². The summed E-state index contributed by atoms with van der Waals surface area (Å²) in [5, 5.41) is 2.49. The number of hydrogen-bond donors (Lipinski definition) is 2. The summed E-state index contributed by atoms with van der Waals surface area (Å²) in [5.74, 6) is 1.53. The summed E-state index contributed by atoms with van der Waals surface area (Å²) in [7, 11) is 0. The van der Waals surface area contributed by atoms with Gasteiger partial charge in [0.05, 0.1) is 6.54 Å². The number of anilines is 1. The van der Waals surface area contributed by atoms with Gasteiger partial charge in [0.2, 0.25) is 0 Å². The van der Waals surface area contributed by atoms with Crippen molar-refractivity contribution in [3.05, 3.63) is 53.5 Å². The molecule has 120 valence electrons. The monoisotopic (exact) mass is 313 g/mol. The number of nitrogens with two attached hydrogens (primary N) is 1. The minimum atomic E-state index is -0.653. The highest BCUT2D eigenvalue weighted by Gasteiger charge is 2.33. The van der Waals surface area contributed by atoms with Gasteiger partial charge < -0.3 is 20.4 Å². The Hall–Kier alpha value is -2.76. The summed E-state index contributed by atoms with van der Waals surface area (Å²) in [5.41, 5.74) is 6.14. The molecule has 23 heavy (non-hydrogen) atoms. The highest BCUT2D eigenvalue weighted by atomic mass is 16.3. The van der Waals surface area contributed by atoms with Gasteiger partial charge in [0.25, 0.3) is 5.91 Å². The molecule has 3 amide bonds. The summed E-state index contributed by atoms with van der Waals surface area (Å²) in [4.78, 5) is 25.6. The van der Waals surface area contributed by atoms with Gasteiger partial charge >= 0.3 is 6.03 Å². The van der Waals surface area contributed by atoms with E-state index in [4.69, 9.17) is 10.2 Å². The molecule has 1 heterocycles. The molecule has 0 bridgehead atoms. The maximum atomic E-state index is 12.8. The van der Waals surface area contributed by atoms with Crippen LogP contribution in [0.15, 0.2) is 40.8 Å². The van der Waals surface area contributed by atoms with Crippen molar-refractivity contribution < 1.29 is 14.0 Å². The number of amides is 3. The van der Waals surface area contributed by atoms with E-state index in [1.54, 1.807) is 24.3 Å². The molecule has 0 radical (unpaired) electrons. The van der Waals surface area contributed by atoms with Crippen molar-refractivity contribution in [2.24, 2.45) is 5.73 Å². The number of urea groups is 1. The predicted octanol–water partition coefficient (Wildman–Crippen LogP) is 2.88. The molecule has 1 aliphatic carbocycles. The fourth-order valence-corrected chi connectivity index (χ4v) is 2.53. The van der Waals surface area contributed by atoms with Crippen LogP contribution < -0.4 is 11.1 Å². The molecule has 3 rings (SSSR count). The highest BCUT2D eigenvalue weighted by Crippen LogP contribution is 2.30. The third-order valence-electron chi connectivity index (χ3n) is 3.75. The second-order valence-electron chi connectivity index (χ2n) is 5.75. The van der Waals surface area contributed by atoms with Crippen LogP contribution in [0.1, 0.15) is 34.7 Å². The van der Waals surface area contributed by atoms with Crippen molar-refractivity contribution in [2.75, 3.05) is 5.32 Å². The van der Waals surface area contributed by atoms with Crippen molar-refractivity contribution >= 4 is 17.6 Å². The first-order valence-corrected chi connectivity index (χ1v) is 7.56. The Morgan fingerprint density at radius 1 is 1.30 bits per heavy atom. The lowest BCUT2D eigenvalue weighted by molar-refractivity contribution is 0.0717. The number of rotatable bonds is 5. The Kier molecular flexibility index (Phi) is 4.06. The Morgan fingerprint density at radius 3 is 2.70 bits per heavy atom. The number of benzene rings is 1. The van der Waals surface area contributed by atoms with E-state index in [2.05, 4.69) is 5.32 Å². The molecule has 2 aromatic rings. The van der Waals surface area contributed by atoms with Gasteiger partial charge in [-0.2, -0.15) is 0 Å². The quantitative estimate of drug-likeness (QED) is 0.889. The van der Waals surface area contributed by atoms with Gasteiger partial charge in [-0.05, 0) is 50.1 Å². The van der Waals surface area contributed by atoms with Crippen LogP contribution >= 0.6 is 0 Å². The molecule has 1 aromatic heterocycles. The zero-order valence-electron chi connectivity index (χ0n) is 12.9. The number of nitrogens with one attached hydrogen (secondary N) is 1. The van der Waals surface area contributed by atoms with E-state index >= 15 is 0 Å². The summed E-state index contributed by atoms with van der Waals surface area (Å²) in [6.07, 6.45) is 2.01. The van der Waals surface area contributed by atoms with Crippen molar-refractivity contribution in [3.63, 3.8) is 0 Å². The molecule has 3 N–H and O–H groups in total. The van der Waals surface area contributed by atoms with E-state index in [0.717, 1.165) is 24.4 Å². The van der Waals surface area contributed by atoms with Gasteiger partial charge in [0.1, 0.15) is 11.5 Å². The third kappa shape index (κ3) is 3.71. The molecule has 6 nitrogen and oxygen atoms in total. The molecular weight excluding hydrogens is 294 g/mol. The van der Waals surface area contributed by atoms with E-state index in [-0.39, 0.29) is 11.9 Å². The van der Waals surface area contributed by atoms with Crippen molar-refractivity contribution in [3.8, 4) is 0 Å². The Balaban J connectivity index is 1.79. The maximum Gasteiger partial charge on any atom is 0.316 e. The molecular formula is C17H19N3O3. The van der Waals surface area contributed by atoms with Gasteiger partial charge in [-0.1, -0.05) is 6.07 Å². The van der Waals surface area contributed by atoms with Crippen LogP contribution in [0.25, 0.3) is 0 Å². The number of hydrogen-bond acceptors (Lipinski definition) is 3. The molecule has 0 unspecified atom stereocenters. The standard InChI is InChI=1S/C17H19N3O3/c1-11-5-8-15(23-11)10-20(14-6-7-14)16(21)12-3-2-4-13(9-12)19-17(18)22/h2-5,8-9,14H,6-7,10H2,1H3,(H3,18,19,22). The lowest BCUT2D eigenvalue weighted by Crippen LogP contribution is -2.32. The van der Waals surface area contributed by atoms with Crippen LogP contribution in [-0.2, 0) is 6.54 Å². The van der Waals surface area contributed by atoms with Crippen molar-refractivity contribution in [2.45, 2.75) is 32.4 Å². The first kappa shape index (κ1) is 15.1. The largest absolute Gasteiger partial charge is 0.464 e. The normalized spacial score (nSPS) is 13.6. The predicted molar refractivity (Wildman–Crippen MR) is 86.0 cm³/mol. The molecule has 0 saturated heterocycles. The molecule has 0 atom stereocenters. The van der Waals surface area contributed by atoms with E-state index in [0.29, 0.717) is 17.8 Å². The fraction of sp³-hybridized carbons (Fsp3) is 0.294. The average molecular weight is 313 g/mol. The number of furan rings is 1. The van der Waals surface area contributed by atoms with Gasteiger partial charge in [0, 0.05) is 17.3 Å². The second-order valence-corrected chi connectivity index (χ2v) is 5.75. The molecule has 6 heteroatoms. The van der Waals surface area contributed by atoms with Crippen LogP contribution in [0.4, 0.5) is 10.5 Å². The molecule has 0 spiro atoms. The zero-order chi connectivity index (χ0) is 16.4. The smallest absolute Gasteiger partial charge is 0.316 e. The molecule has 1 saturated carbocycles. The van der Waals surface area contributed by atoms with Crippen molar-refractivity contribution in [1.82, 2.24) is 4.90 Å². The van der Waals surface area contributed by atoms with Gasteiger partial charge in [0.15, 0.2) is 0 Å². The number of carbonyl (C=O) groups excluding carboxylic acids is 2. The van der Waals surface area contributed by atoms with Gasteiger partial charge in [-0.15, -0.1) is 0 Å². The molecule has 1 fully saturated rings. The summed E-state index contributed by atoms with van der Waals surface area (Å²) in [6.45, 7) is 2.33. The van der Waals surface area contributed by atoms with E-state index in [9.17, 15) is 9.59 Å². The molecule has 1 aliphatic rings. The van der Waals surface area contributed by atoms with E-state index in [1.165, 1.54) is 0 Å². The third-order valence-corrected chi connectivity index (χ3v) is 3.75. The number of nitrogens with zero attached hydrogens (tertiary/aromatic N) is 1. The number of primary amides is 1. The zero-order valence-corrected chi connectivity index (χ0v) is 12.9. The van der Waals surface area contributed by atoms with Crippen molar-refractivity contribution in [1.29, 1.82) is 0 Å². The lowest BCUT2D eigenvalue weighted by atomic mass is 10.1. The minimum absolute atomic E-state index is 0.0744. The Labute approximate surface area is 134 Å². The van der Waals surface area contributed by atoms with Crippen LogP contribution in [-0.4, -0.2) is 22.9 Å². The SMILES string of the molecule is Cc1ccc(CN(C(=O)c2cccc(NC(N)=O)c2)C2CC2)o1. The first-order chi connectivity index (χ1) is 11.0. The number of carbonyl (C=O) groups is 2. The summed E-state index contributed by atoms with van der Waals surface area (Å²) < 4.78 is 5.59. The maximum absolute atomic E-state index is 12.8. The minimum Gasteiger partial charge on any atom is -0.464 e. The average Bonchev–Trinajstić information content (AvgIpc) is 3.26. The van der Waals surface area contributed by atoms with Crippen LogP contribution in [0, 0.1) is 6.92 Å².